The third kappa shape index (κ3) is 2.65. The lowest BCUT2D eigenvalue weighted by atomic mass is 10.4. The SMILES string of the molecule is ClCCc1cn(Cc2noc(-c3ccco3)n2)nn1. The zero-order valence-corrected chi connectivity index (χ0v) is 10.6. The highest BCUT2D eigenvalue weighted by Gasteiger charge is 2.12. The van der Waals surface area contributed by atoms with Crippen LogP contribution in [0.4, 0.5) is 0 Å². The molecule has 0 fully saturated rings. The molecule has 8 heteroatoms. The van der Waals surface area contributed by atoms with Gasteiger partial charge in [0.15, 0.2) is 11.6 Å². The van der Waals surface area contributed by atoms with Crippen molar-refractivity contribution in [3.63, 3.8) is 0 Å². The van der Waals surface area contributed by atoms with Gasteiger partial charge in [0, 0.05) is 18.5 Å². The first kappa shape index (κ1) is 11.9. The molecule has 0 aliphatic heterocycles. The predicted molar refractivity (Wildman–Crippen MR) is 65.5 cm³/mol. The summed E-state index contributed by atoms with van der Waals surface area (Å²) in [6.45, 7) is 0.388. The van der Waals surface area contributed by atoms with Crippen molar-refractivity contribution in [2.45, 2.75) is 13.0 Å². The maximum atomic E-state index is 5.64. The molecule has 0 unspecified atom stereocenters. The van der Waals surface area contributed by atoms with Crippen LogP contribution in [0.5, 0.6) is 0 Å². The fourth-order valence-electron chi connectivity index (χ4n) is 1.59. The van der Waals surface area contributed by atoms with Crippen molar-refractivity contribution in [2.24, 2.45) is 0 Å². The van der Waals surface area contributed by atoms with Crippen LogP contribution in [0.2, 0.25) is 0 Å². The van der Waals surface area contributed by atoms with Gasteiger partial charge in [0.1, 0.15) is 6.54 Å². The molecule has 0 saturated carbocycles. The summed E-state index contributed by atoms with van der Waals surface area (Å²) in [6.07, 6.45) is 4.05. The number of aryl methyl sites for hydroxylation is 1. The maximum absolute atomic E-state index is 5.64. The molecule has 0 aliphatic carbocycles. The van der Waals surface area contributed by atoms with E-state index in [0.29, 0.717) is 36.3 Å². The van der Waals surface area contributed by atoms with E-state index in [1.54, 1.807) is 23.1 Å². The van der Waals surface area contributed by atoms with Gasteiger partial charge in [-0.05, 0) is 12.1 Å². The lowest BCUT2D eigenvalue weighted by Gasteiger charge is -1.92. The van der Waals surface area contributed by atoms with Crippen LogP contribution in [0, 0.1) is 0 Å². The van der Waals surface area contributed by atoms with Crippen LogP contribution in [-0.4, -0.2) is 31.0 Å². The Hall–Kier alpha value is -2.15. The van der Waals surface area contributed by atoms with Crippen LogP contribution >= 0.6 is 11.6 Å². The van der Waals surface area contributed by atoms with Gasteiger partial charge in [0.2, 0.25) is 0 Å². The van der Waals surface area contributed by atoms with Crippen molar-refractivity contribution in [3.8, 4) is 11.7 Å². The smallest absolute Gasteiger partial charge is 0.293 e. The lowest BCUT2D eigenvalue weighted by Crippen LogP contribution is -2.02. The fourth-order valence-corrected chi connectivity index (χ4v) is 1.78. The van der Waals surface area contributed by atoms with Gasteiger partial charge >= 0.3 is 0 Å². The Morgan fingerprint density at radius 2 is 2.32 bits per heavy atom. The minimum absolute atomic E-state index is 0.348. The highest BCUT2D eigenvalue weighted by molar-refractivity contribution is 6.17. The Balaban J connectivity index is 1.72. The Labute approximate surface area is 113 Å². The van der Waals surface area contributed by atoms with Crippen LogP contribution < -0.4 is 0 Å². The molecule has 0 aliphatic rings. The number of furan rings is 1. The van der Waals surface area contributed by atoms with Crippen LogP contribution in [0.15, 0.2) is 33.5 Å². The van der Waals surface area contributed by atoms with Gasteiger partial charge in [0.05, 0.1) is 12.0 Å². The molecule has 19 heavy (non-hydrogen) atoms. The molecule has 0 atom stereocenters. The first-order chi connectivity index (χ1) is 9.35. The molecule has 3 aromatic heterocycles. The van der Waals surface area contributed by atoms with Crippen LogP contribution in [0.3, 0.4) is 0 Å². The Bertz CT molecular complexity index is 646. The summed E-state index contributed by atoms with van der Waals surface area (Å²) in [4.78, 5) is 4.22. The molecular formula is C11H10ClN5O2. The van der Waals surface area contributed by atoms with E-state index in [0.717, 1.165) is 5.69 Å². The van der Waals surface area contributed by atoms with Gasteiger partial charge in [-0.3, -0.25) is 0 Å². The summed E-state index contributed by atoms with van der Waals surface area (Å²) in [6, 6.07) is 3.51. The molecule has 0 spiro atoms. The predicted octanol–water partition coefficient (Wildman–Crippen LogP) is 1.75. The molecule has 7 nitrogen and oxygen atoms in total. The summed E-state index contributed by atoms with van der Waals surface area (Å²) in [7, 11) is 0. The largest absolute Gasteiger partial charge is 0.459 e. The number of rotatable bonds is 5. The van der Waals surface area contributed by atoms with E-state index in [4.69, 9.17) is 20.5 Å². The second-order valence-corrected chi connectivity index (χ2v) is 4.22. The number of alkyl halides is 1. The van der Waals surface area contributed by atoms with Gasteiger partial charge in [-0.1, -0.05) is 10.4 Å². The standard InChI is InChI=1S/C11H10ClN5O2/c12-4-3-8-6-17(16-14-8)7-10-13-11(19-15-10)9-2-1-5-18-9/h1-2,5-6H,3-4,7H2. The summed E-state index contributed by atoms with van der Waals surface area (Å²) >= 11 is 5.64. The molecule has 3 rings (SSSR count). The summed E-state index contributed by atoms with van der Waals surface area (Å²) in [5.74, 6) is 1.92. The lowest BCUT2D eigenvalue weighted by molar-refractivity contribution is 0.406. The highest BCUT2D eigenvalue weighted by Crippen LogP contribution is 2.17. The third-order valence-corrected chi connectivity index (χ3v) is 2.63. The van der Waals surface area contributed by atoms with Gasteiger partial charge in [-0.25, -0.2) is 4.68 Å². The van der Waals surface area contributed by atoms with Crippen LogP contribution in [0.25, 0.3) is 11.7 Å². The number of hydrogen-bond donors (Lipinski definition) is 0. The topological polar surface area (TPSA) is 82.8 Å². The molecule has 3 heterocycles. The van der Waals surface area contributed by atoms with E-state index >= 15 is 0 Å². The first-order valence-electron chi connectivity index (χ1n) is 5.66. The summed E-state index contributed by atoms with van der Waals surface area (Å²) in [5.41, 5.74) is 0.838. The number of hydrogen-bond acceptors (Lipinski definition) is 6. The van der Waals surface area contributed by atoms with Crippen molar-refractivity contribution in [2.75, 3.05) is 5.88 Å². The summed E-state index contributed by atoms with van der Waals surface area (Å²) < 4.78 is 11.9. The van der Waals surface area contributed by atoms with E-state index in [1.165, 1.54) is 0 Å². The number of halogens is 1. The fraction of sp³-hybridized carbons (Fsp3) is 0.273. The van der Waals surface area contributed by atoms with E-state index in [2.05, 4.69) is 20.5 Å². The van der Waals surface area contributed by atoms with Crippen molar-refractivity contribution in [1.82, 2.24) is 25.1 Å². The average Bonchev–Trinajstić information content (AvgIpc) is 3.10. The Kier molecular flexibility index (Phi) is 3.28. The second-order valence-electron chi connectivity index (χ2n) is 3.84. The minimum atomic E-state index is 0.348. The molecule has 3 aromatic rings. The first-order valence-corrected chi connectivity index (χ1v) is 6.20. The van der Waals surface area contributed by atoms with Crippen molar-refractivity contribution in [1.29, 1.82) is 0 Å². The van der Waals surface area contributed by atoms with Crippen molar-refractivity contribution < 1.29 is 8.94 Å². The van der Waals surface area contributed by atoms with Crippen LogP contribution in [0.1, 0.15) is 11.5 Å². The van der Waals surface area contributed by atoms with Gasteiger partial charge in [-0.2, -0.15) is 4.98 Å². The third-order valence-electron chi connectivity index (χ3n) is 2.44. The van der Waals surface area contributed by atoms with Crippen molar-refractivity contribution >= 4 is 11.6 Å². The monoisotopic (exact) mass is 279 g/mol. The van der Waals surface area contributed by atoms with E-state index < -0.39 is 0 Å². The van der Waals surface area contributed by atoms with Crippen LogP contribution in [-0.2, 0) is 13.0 Å². The van der Waals surface area contributed by atoms with E-state index in [-0.39, 0.29) is 0 Å². The minimum Gasteiger partial charge on any atom is -0.459 e. The molecule has 0 aromatic carbocycles. The molecule has 0 saturated heterocycles. The van der Waals surface area contributed by atoms with Gasteiger partial charge in [-0.15, -0.1) is 16.7 Å². The van der Waals surface area contributed by atoms with Gasteiger partial charge in [0.25, 0.3) is 5.89 Å². The normalized spacial score (nSPS) is 11.0. The molecule has 98 valence electrons. The molecule has 0 amide bonds. The zero-order valence-electron chi connectivity index (χ0n) is 9.86. The Morgan fingerprint density at radius 1 is 1.37 bits per heavy atom. The molecule has 0 N–H and O–H groups in total. The quantitative estimate of drug-likeness (QED) is 0.662. The zero-order chi connectivity index (χ0) is 13.1. The molecular weight excluding hydrogens is 270 g/mol. The second kappa shape index (κ2) is 5.23. The number of nitrogens with zero attached hydrogens (tertiary/aromatic N) is 5. The molecule has 0 bridgehead atoms. The summed E-state index contributed by atoms with van der Waals surface area (Å²) in [5, 5.41) is 11.8. The highest BCUT2D eigenvalue weighted by atomic mass is 35.5. The maximum Gasteiger partial charge on any atom is 0.293 e. The van der Waals surface area contributed by atoms with E-state index in [1.807, 2.05) is 6.20 Å². The van der Waals surface area contributed by atoms with E-state index in [9.17, 15) is 0 Å². The molecule has 0 radical (unpaired) electrons. The Morgan fingerprint density at radius 3 is 3.11 bits per heavy atom. The van der Waals surface area contributed by atoms with Gasteiger partial charge < -0.3 is 8.94 Å². The van der Waals surface area contributed by atoms with Crippen molar-refractivity contribution in [3.05, 3.63) is 36.1 Å². The number of aromatic nitrogens is 5. The average molecular weight is 280 g/mol.